The molecule has 2 N–H and O–H groups in total. The van der Waals surface area contributed by atoms with Crippen LogP contribution in [0, 0.1) is 12.8 Å². The molecule has 0 bridgehead atoms. The highest BCUT2D eigenvalue weighted by Gasteiger charge is 2.10. The van der Waals surface area contributed by atoms with Gasteiger partial charge in [-0.1, -0.05) is 32.8 Å². The maximum atomic E-state index is 6.14. The number of aromatic nitrogens is 1. The molecule has 1 rings (SSSR count). The Morgan fingerprint density at radius 1 is 1.40 bits per heavy atom. The van der Waals surface area contributed by atoms with Gasteiger partial charge in [0, 0.05) is 17.9 Å². The minimum atomic E-state index is 0.139. The van der Waals surface area contributed by atoms with Crippen molar-refractivity contribution in [2.24, 2.45) is 11.7 Å². The third kappa shape index (κ3) is 4.00. The van der Waals surface area contributed by atoms with Crippen LogP contribution in [-0.4, -0.2) is 4.98 Å². The molecule has 15 heavy (non-hydrogen) atoms. The van der Waals surface area contributed by atoms with Crippen LogP contribution in [0.1, 0.15) is 50.4 Å². The van der Waals surface area contributed by atoms with Crippen molar-refractivity contribution in [3.63, 3.8) is 0 Å². The molecule has 2 atom stereocenters. The predicted octanol–water partition coefficient (Wildman–Crippen LogP) is 3.22. The highest BCUT2D eigenvalue weighted by Crippen LogP contribution is 2.21. The zero-order valence-corrected chi connectivity index (χ0v) is 10.0. The van der Waals surface area contributed by atoms with Gasteiger partial charge in [-0.3, -0.25) is 4.98 Å². The van der Waals surface area contributed by atoms with Gasteiger partial charge in [0.1, 0.15) is 0 Å². The molecule has 1 aromatic rings. The quantitative estimate of drug-likeness (QED) is 0.803. The lowest BCUT2D eigenvalue weighted by atomic mass is 9.94. The summed E-state index contributed by atoms with van der Waals surface area (Å²) in [6.45, 7) is 6.48. The molecular formula is C13H22N2. The predicted molar refractivity (Wildman–Crippen MR) is 64.6 cm³/mol. The molecule has 1 heterocycles. The molecule has 2 nitrogen and oxygen atoms in total. The molecule has 0 spiro atoms. The van der Waals surface area contributed by atoms with E-state index in [4.69, 9.17) is 5.73 Å². The van der Waals surface area contributed by atoms with Gasteiger partial charge in [-0.2, -0.15) is 0 Å². The fraction of sp³-hybridized carbons (Fsp3) is 0.615. The minimum Gasteiger partial charge on any atom is -0.324 e. The second-order valence-electron chi connectivity index (χ2n) is 4.47. The molecule has 0 aromatic carbocycles. The summed E-state index contributed by atoms with van der Waals surface area (Å²) in [5.74, 6) is 0.700. The molecule has 0 aliphatic rings. The number of aryl methyl sites for hydroxylation is 1. The molecule has 0 saturated carbocycles. The van der Waals surface area contributed by atoms with E-state index in [1.54, 1.807) is 0 Å². The second-order valence-corrected chi connectivity index (χ2v) is 4.47. The SMILES string of the molecule is CCCC(C)CC(N)c1ccc(C)nc1. The van der Waals surface area contributed by atoms with Crippen molar-refractivity contribution in [2.75, 3.05) is 0 Å². The lowest BCUT2D eigenvalue weighted by Gasteiger charge is -2.16. The first-order valence-electron chi connectivity index (χ1n) is 5.81. The van der Waals surface area contributed by atoms with Gasteiger partial charge in [-0.25, -0.2) is 0 Å². The van der Waals surface area contributed by atoms with E-state index >= 15 is 0 Å². The standard InChI is InChI=1S/C13H22N2/c1-4-5-10(2)8-13(14)12-7-6-11(3)15-9-12/h6-7,9-10,13H,4-5,8,14H2,1-3H3. The lowest BCUT2D eigenvalue weighted by Crippen LogP contribution is -2.14. The smallest absolute Gasteiger partial charge is 0.0372 e. The van der Waals surface area contributed by atoms with E-state index in [9.17, 15) is 0 Å². The minimum absolute atomic E-state index is 0.139. The topological polar surface area (TPSA) is 38.9 Å². The largest absolute Gasteiger partial charge is 0.324 e. The zero-order chi connectivity index (χ0) is 11.3. The van der Waals surface area contributed by atoms with Crippen LogP contribution < -0.4 is 5.73 Å². The van der Waals surface area contributed by atoms with Gasteiger partial charge >= 0.3 is 0 Å². The van der Waals surface area contributed by atoms with Crippen molar-refractivity contribution in [3.8, 4) is 0 Å². The Hall–Kier alpha value is -0.890. The molecule has 0 radical (unpaired) electrons. The van der Waals surface area contributed by atoms with E-state index in [2.05, 4.69) is 24.9 Å². The Kier molecular flexibility index (Phi) is 4.76. The summed E-state index contributed by atoms with van der Waals surface area (Å²) in [6.07, 6.45) is 5.45. The summed E-state index contributed by atoms with van der Waals surface area (Å²) in [7, 11) is 0. The molecule has 2 heteroatoms. The van der Waals surface area contributed by atoms with E-state index in [0.29, 0.717) is 5.92 Å². The number of nitrogens with zero attached hydrogens (tertiary/aromatic N) is 1. The van der Waals surface area contributed by atoms with Crippen LogP contribution in [0.4, 0.5) is 0 Å². The molecule has 0 amide bonds. The molecule has 84 valence electrons. The normalized spacial score (nSPS) is 14.9. The summed E-state index contributed by atoms with van der Waals surface area (Å²) in [5.41, 5.74) is 8.34. The summed E-state index contributed by atoms with van der Waals surface area (Å²) in [6, 6.07) is 4.25. The highest BCUT2D eigenvalue weighted by molar-refractivity contribution is 5.16. The van der Waals surface area contributed by atoms with Crippen molar-refractivity contribution in [1.82, 2.24) is 4.98 Å². The third-order valence-corrected chi connectivity index (χ3v) is 2.80. The fourth-order valence-electron chi connectivity index (χ4n) is 1.88. The van der Waals surface area contributed by atoms with E-state index < -0.39 is 0 Å². The molecule has 0 fully saturated rings. The van der Waals surface area contributed by atoms with E-state index in [1.165, 1.54) is 12.8 Å². The molecule has 0 aliphatic carbocycles. The monoisotopic (exact) mass is 206 g/mol. The van der Waals surface area contributed by atoms with Gasteiger partial charge in [-0.05, 0) is 30.9 Å². The van der Waals surface area contributed by atoms with Crippen molar-refractivity contribution in [2.45, 2.75) is 46.1 Å². The Bertz CT molecular complexity index is 279. The maximum absolute atomic E-state index is 6.14. The van der Waals surface area contributed by atoms with Crippen molar-refractivity contribution < 1.29 is 0 Å². The first kappa shape index (κ1) is 12.2. The maximum Gasteiger partial charge on any atom is 0.0372 e. The molecule has 0 aliphatic heterocycles. The van der Waals surface area contributed by atoms with Crippen LogP contribution in [0.3, 0.4) is 0 Å². The third-order valence-electron chi connectivity index (χ3n) is 2.80. The van der Waals surface area contributed by atoms with Gasteiger partial charge in [0.05, 0.1) is 0 Å². The Morgan fingerprint density at radius 3 is 2.67 bits per heavy atom. The van der Waals surface area contributed by atoms with Crippen LogP contribution in [0.15, 0.2) is 18.3 Å². The Morgan fingerprint density at radius 2 is 2.13 bits per heavy atom. The number of pyridine rings is 1. The van der Waals surface area contributed by atoms with Crippen LogP contribution in [0.2, 0.25) is 0 Å². The number of rotatable bonds is 5. The highest BCUT2D eigenvalue weighted by atomic mass is 14.7. The van der Waals surface area contributed by atoms with Gasteiger partial charge < -0.3 is 5.73 Å². The van der Waals surface area contributed by atoms with Crippen LogP contribution in [0.25, 0.3) is 0 Å². The molecular weight excluding hydrogens is 184 g/mol. The van der Waals surface area contributed by atoms with Crippen LogP contribution in [0.5, 0.6) is 0 Å². The van der Waals surface area contributed by atoms with E-state index in [1.807, 2.05) is 19.2 Å². The van der Waals surface area contributed by atoms with Crippen LogP contribution >= 0.6 is 0 Å². The summed E-state index contributed by atoms with van der Waals surface area (Å²) < 4.78 is 0. The van der Waals surface area contributed by atoms with Gasteiger partial charge in [0.25, 0.3) is 0 Å². The summed E-state index contributed by atoms with van der Waals surface area (Å²) >= 11 is 0. The van der Waals surface area contributed by atoms with Crippen molar-refractivity contribution >= 4 is 0 Å². The van der Waals surface area contributed by atoms with Gasteiger partial charge in [0.15, 0.2) is 0 Å². The number of nitrogens with two attached hydrogens (primary N) is 1. The van der Waals surface area contributed by atoms with Gasteiger partial charge in [-0.15, -0.1) is 0 Å². The fourth-order valence-corrected chi connectivity index (χ4v) is 1.88. The summed E-state index contributed by atoms with van der Waals surface area (Å²) in [4.78, 5) is 4.27. The van der Waals surface area contributed by atoms with Crippen molar-refractivity contribution in [1.29, 1.82) is 0 Å². The molecule has 1 aromatic heterocycles. The first-order chi connectivity index (χ1) is 7.13. The Balaban J connectivity index is 2.53. The molecule has 0 saturated heterocycles. The van der Waals surface area contributed by atoms with E-state index in [-0.39, 0.29) is 6.04 Å². The Labute approximate surface area is 92.9 Å². The van der Waals surface area contributed by atoms with Crippen LogP contribution in [-0.2, 0) is 0 Å². The lowest BCUT2D eigenvalue weighted by molar-refractivity contribution is 0.440. The average molecular weight is 206 g/mol. The average Bonchev–Trinajstić information content (AvgIpc) is 2.18. The first-order valence-corrected chi connectivity index (χ1v) is 5.81. The summed E-state index contributed by atoms with van der Waals surface area (Å²) in [5, 5.41) is 0. The zero-order valence-electron chi connectivity index (χ0n) is 10.0. The van der Waals surface area contributed by atoms with Gasteiger partial charge in [0.2, 0.25) is 0 Å². The van der Waals surface area contributed by atoms with Crippen molar-refractivity contribution in [3.05, 3.63) is 29.6 Å². The number of hydrogen-bond acceptors (Lipinski definition) is 2. The molecule has 2 unspecified atom stereocenters. The van der Waals surface area contributed by atoms with E-state index in [0.717, 1.165) is 17.7 Å². The second kappa shape index (κ2) is 5.86. The number of hydrogen-bond donors (Lipinski definition) is 1.